The van der Waals surface area contributed by atoms with Crippen molar-refractivity contribution in [3.63, 3.8) is 0 Å². The Morgan fingerprint density at radius 3 is 2.41 bits per heavy atom. The Kier molecular flexibility index (Phi) is 9.15. The zero-order valence-corrected chi connectivity index (χ0v) is 20.0. The number of hydrogen-bond donors (Lipinski definition) is 7. The van der Waals surface area contributed by atoms with Crippen LogP contribution >= 0.6 is 0 Å². The van der Waals surface area contributed by atoms with Gasteiger partial charge in [-0.3, -0.25) is 19.4 Å². The third-order valence-corrected chi connectivity index (χ3v) is 4.36. The summed E-state index contributed by atoms with van der Waals surface area (Å²) < 4.78 is 0. The highest BCUT2D eigenvalue weighted by atomic mass is 28.2. The van der Waals surface area contributed by atoms with Crippen molar-refractivity contribution in [3.05, 3.63) is 52.1 Å². The molecule has 1 unspecified atom stereocenters. The summed E-state index contributed by atoms with van der Waals surface area (Å²) >= 11 is 0. The van der Waals surface area contributed by atoms with Gasteiger partial charge in [-0.1, -0.05) is 0 Å². The number of carbonyl (C=O) groups is 3. The number of amides is 1. The van der Waals surface area contributed by atoms with E-state index in [1.165, 1.54) is 18.3 Å². The van der Waals surface area contributed by atoms with Gasteiger partial charge in [0.1, 0.15) is 16.5 Å². The predicted molar refractivity (Wildman–Crippen MR) is 124 cm³/mol. The molecule has 3 rings (SSSR count). The molecular weight excluding hydrogens is 466 g/mol. The highest BCUT2D eigenvalue weighted by Crippen LogP contribution is 2.12. The Balaban J connectivity index is 0.00000199. The van der Waals surface area contributed by atoms with Crippen LogP contribution in [0.25, 0.3) is 11.2 Å². The molecule has 0 radical (unpaired) electrons. The molecule has 2 aromatic heterocycles. The van der Waals surface area contributed by atoms with E-state index in [9.17, 15) is 19.2 Å². The monoisotopic (exact) mass is 489 g/mol. The smallest absolute Gasteiger partial charge is 0.326 e. The van der Waals surface area contributed by atoms with Gasteiger partial charge in [0, 0.05) is 17.7 Å². The Morgan fingerprint density at radius 2 is 1.79 bits per heavy atom. The fraction of sp³-hybridized carbons (Fsp3) is 0.211. The van der Waals surface area contributed by atoms with Crippen LogP contribution in [0.4, 0.5) is 11.6 Å². The van der Waals surface area contributed by atoms with Crippen molar-refractivity contribution in [2.75, 3.05) is 11.1 Å². The summed E-state index contributed by atoms with van der Waals surface area (Å²) in [5.74, 6) is -3.16. The van der Waals surface area contributed by atoms with Gasteiger partial charge in [0.05, 0.1) is 18.4 Å². The summed E-state index contributed by atoms with van der Waals surface area (Å²) in [6, 6.07) is 4.86. The van der Waals surface area contributed by atoms with Crippen LogP contribution in [0.2, 0.25) is 0 Å². The SMILES string of the molecule is Nc1nc2ncc(CNc3ccc(C(=O)NC(CCC(=O)O)C(=O)O)cc3)nc2c(=O)[nH]1.O[SiH3]. The van der Waals surface area contributed by atoms with Gasteiger partial charge >= 0.3 is 11.9 Å². The molecule has 2 heterocycles. The minimum absolute atomic E-state index is 0.0524. The molecule has 8 N–H and O–H groups in total. The Hall–Kier alpha value is -4.37. The Bertz CT molecular complexity index is 1230. The highest BCUT2D eigenvalue weighted by molar-refractivity contribution is 5.97. The maximum atomic E-state index is 12.3. The van der Waals surface area contributed by atoms with Crippen molar-refractivity contribution in [3.8, 4) is 0 Å². The van der Waals surface area contributed by atoms with Crippen molar-refractivity contribution in [1.82, 2.24) is 25.3 Å². The van der Waals surface area contributed by atoms with Gasteiger partial charge in [-0.2, -0.15) is 4.98 Å². The van der Waals surface area contributed by atoms with E-state index in [1.54, 1.807) is 12.1 Å². The number of carboxylic acid groups (broad SMARTS) is 2. The summed E-state index contributed by atoms with van der Waals surface area (Å²) in [7, 11) is 0.306. The molecule has 0 spiro atoms. The lowest BCUT2D eigenvalue weighted by molar-refractivity contribution is -0.140. The second kappa shape index (κ2) is 12.0. The average molecular weight is 490 g/mol. The summed E-state index contributed by atoms with van der Waals surface area (Å²) in [6.07, 6.45) is 0.840. The highest BCUT2D eigenvalue weighted by Gasteiger charge is 2.21. The number of carboxylic acids is 2. The van der Waals surface area contributed by atoms with Crippen molar-refractivity contribution in [2.45, 2.75) is 25.4 Å². The standard InChI is InChI=1S/C19H19N7O6.H4OSi/c20-19-25-15-14(17(30)26-19)23-11(8-22-15)7-21-10-3-1-9(2-4-10)16(29)24-12(18(31)32)5-6-13(27)28;1-2/h1-4,8,12,21H,5-7H2,(H,24,29)(H,27,28)(H,31,32)(H3,20,22,25,26,30);1H,2H3. The fourth-order valence-corrected chi connectivity index (χ4v) is 2.75. The van der Waals surface area contributed by atoms with Gasteiger partial charge in [-0.25, -0.2) is 14.8 Å². The van der Waals surface area contributed by atoms with Crippen molar-refractivity contribution in [1.29, 1.82) is 0 Å². The second-order valence-corrected chi connectivity index (χ2v) is 6.71. The number of nitrogens with zero attached hydrogens (tertiary/aromatic N) is 3. The lowest BCUT2D eigenvalue weighted by Gasteiger charge is -2.14. The molecule has 34 heavy (non-hydrogen) atoms. The molecule has 180 valence electrons. The lowest BCUT2D eigenvalue weighted by atomic mass is 10.1. The second-order valence-electron chi connectivity index (χ2n) is 6.71. The number of nitrogens with one attached hydrogen (secondary N) is 3. The number of benzene rings is 1. The van der Waals surface area contributed by atoms with Crippen LogP contribution in [-0.2, 0) is 16.1 Å². The molecule has 0 fully saturated rings. The van der Waals surface area contributed by atoms with Gasteiger partial charge in [-0.05, 0) is 30.7 Å². The van der Waals surface area contributed by atoms with E-state index < -0.39 is 29.4 Å². The first-order valence-electron chi connectivity index (χ1n) is 9.78. The van der Waals surface area contributed by atoms with Crippen molar-refractivity contribution in [2.24, 2.45) is 0 Å². The van der Waals surface area contributed by atoms with Crippen LogP contribution in [0, 0.1) is 0 Å². The third-order valence-electron chi connectivity index (χ3n) is 4.36. The van der Waals surface area contributed by atoms with Gasteiger partial charge < -0.3 is 31.4 Å². The molecule has 0 saturated carbocycles. The molecule has 1 amide bonds. The number of rotatable bonds is 9. The number of nitrogens with two attached hydrogens (primary N) is 1. The van der Waals surface area contributed by atoms with Crippen LogP contribution in [-0.4, -0.2) is 69.3 Å². The van der Waals surface area contributed by atoms with Crippen LogP contribution in [0.15, 0.2) is 35.3 Å². The number of carbonyl (C=O) groups excluding carboxylic acids is 1. The summed E-state index contributed by atoms with van der Waals surface area (Å²) in [4.78, 5) is 67.7. The zero-order chi connectivity index (χ0) is 25.3. The molecule has 0 aliphatic rings. The van der Waals surface area contributed by atoms with Crippen LogP contribution in [0.1, 0.15) is 28.9 Å². The fourth-order valence-electron chi connectivity index (χ4n) is 2.75. The molecule has 0 bridgehead atoms. The first-order chi connectivity index (χ1) is 16.2. The topological polar surface area (TPSA) is 234 Å². The van der Waals surface area contributed by atoms with E-state index in [4.69, 9.17) is 20.7 Å². The largest absolute Gasteiger partial charge is 0.481 e. The third kappa shape index (κ3) is 7.07. The van der Waals surface area contributed by atoms with E-state index in [-0.39, 0.29) is 42.1 Å². The molecule has 1 aromatic carbocycles. The lowest BCUT2D eigenvalue weighted by Crippen LogP contribution is -2.41. The molecular formula is C19H23N7O7Si. The van der Waals surface area contributed by atoms with Crippen molar-refractivity contribution < 1.29 is 29.4 Å². The minimum Gasteiger partial charge on any atom is -0.481 e. The maximum absolute atomic E-state index is 12.3. The van der Waals surface area contributed by atoms with E-state index in [0.717, 1.165) is 0 Å². The average Bonchev–Trinajstić information content (AvgIpc) is 2.81. The van der Waals surface area contributed by atoms with Gasteiger partial charge in [0.2, 0.25) is 5.95 Å². The molecule has 14 nitrogen and oxygen atoms in total. The first-order valence-corrected chi connectivity index (χ1v) is 10.7. The molecule has 0 aliphatic carbocycles. The Labute approximate surface area is 194 Å². The number of fused-ring (bicyclic) bond motifs is 1. The number of hydrogen-bond acceptors (Lipinski definition) is 10. The minimum atomic E-state index is -1.31. The number of H-pyrrole nitrogens is 1. The normalized spacial score (nSPS) is 11.2. The molecule has 1 atom stereocenters. The predicted octanol–water partition coefficient (Wildman–Crippen LogP) is -1.79. The summed E-state index contributed by atoms with van der Waals surface area (Å²) in [5.41, 5.74) is 6.47. The summed E-state index contributed by atoms with van der Waals surface area (Å²) in [5, 5.41) is 23.2. The zero-order valence-electron chi connectivity index (χ0n) is 18.0. The van der Waals surface area contributed by atoms with Crippen LogP contribution in [0.3, 0.4) is 0 Å². The van der Waals surface area contributed by atoms with E-state index >= 15 is 0 Å². The maximum Gasteiger partial charge on any atom is 0.326 e. The number of anilines is 2. The number of aromatic amines is 1. The number of aromatic nitrogens is 4. The number of aliphatic carboxylic acids is 2. The van der Waals surface area contributed by atoms with Gasteiger partial charge in [-0.15, -0.1) is 0 Å². The summed E-state index contributed by atoms with van der Waals surface area (Å²) in [6.45, 7) is 0.231. The van der Waals surface area contributed by atoms with Crippen molar-refractivity contribution >= 4 is 51.1 Å². The molecule has 0 aliphatic heterocycles. The van der Waals surface area contributed by atoms with Crippen LogP contribution < -0.4 is 21.9 Å². The van der Waals surface area contributed by atoms with Crippen LogP contribution in [0.5, 0.6) is 0 Å². The van der Waals surface area contributed by atoms with Gasteiger partial charge in [0.15, 0.2) is 11.2 Å². The van der Waals surface area contributed by atoms with E-state index in [1.807, 2.05) is 0 Å². The molecule has 15 heteroatoms. The quantitative estimate of drug-likeness (QED) is 0.165. The molecule has 0 saturated heterocycles. The van der Waals surface area contributed by atoms with E-state index in [2.05, 4.69) is 30.6 Å². The Morgan fingerprint density at radius 1 is 1.12 bits per heavy atom. The van der Waals surface area contributed by atoms with Gasteiger partial charge in [0.25, 0.3) is 11.5 Å². The number of nitrogen functional groups attached to an aromatic ring is 1. The van der Waals surface area contributed by atoms with E-state index in [0.29, 0.717) is 21.9 Å². The first kappa shape index (κ1) is 25.9. The molecule has 3 aromatic rings.